The van der Waals surface area contributed by atoms with Crippen LogP contribution in [0.3, 0.4) is 0 Å². The van der Waals surface area contributed by atoms with E-state index in [1.807, 2.05) is 0 Å². The van der Waals surface area contributed by atoms with E-state index in [2.05, 4.69) is 78.6 Å². The number of rotatable bonds is 6. The van der Waals surface area contributed by atoms with Crippen LogP contribution >= 0.6 is 0 Å². The Bertz CT molecular complexity index is 231. The molecule has 0 spiro atoms. The fourth-order valence-electron chi connectivity index (χ4n) is 3.95. The predicted octanol–water partition coefficient (Wildman–Crippen LogP) is 5.78. The zero-order valence-corrected chi connectivity index (χ0v) is 23.0. The van der Waals surface area contributed by atoms with Gasteiger partial charge in [0.15, 0.2) is 0 Å². The molecule has 0 saturated carbocycles. The van der Waals surface area contributed by atoms with Gasteiger partial charge in [0.25, 0.3) is 0 Å². The van der Waals surface area contributed by atoms with Gasteiger partial charge >= 0.3 is 140 Å². The molecule has 0 unspecified atom stereocenters. The van der Waals surface area contributed by atoms with E-state index in [1.54, 1.807) is 0 Å². The van der Waals surface area contributed by atoms with E-state index in [4.69, 9.17) is 0 Å². The third-order valence-corrected chi connectivity index (χ3v) is 63.6. The van der Waals surface area contributed by atoms with E-state index >= 15 is 0 Å². The Labute approximate surface area is 138 Å². The molecule has 0 nitrogen and oxygen atoms in total. The second-order valence-electron chi connectivity index (χ2n) is 10.6. The van der Waals surface area contributed by atoms with Gasteiger partial charge in [0.1, 0.15) is 0 Å². The van der Waals surface area contributed by atoms with Gasteiger partial charge in [-0.05, 0) is 0 Å². The SMILES string of the molecule is C[Si](C)(C)[CH]([In][CH]([Si](C)(C)C)[Si](C)(C)C)[Si](C)(C)C. The summed E-state index contributed by atoms with van der Waals surface area (Å²) in [5.74, 6) is 0. The van der Waals surface area contributed by atoms with Crippen molar-refractivity contribution in [2.24, 2.45) is 0 Å². The van der Waals surface area contributed by atoms with E-state index in [0.717, 1.165) is 0 Å². The molecule has 0 aliphatic rings. The summed E-state index contributed by atoms with van der Waals surface area (Å²) in [6.07, 6.45) is 0. The summed E-state index contributed by atoms with van der Waals surface area (Å²) in [6.45, 7) is 31.9. The molecule has 0 aliphatic carbocycles. The monoisotopic (exact) mass is 433 g/mol. The van der Waals surface area contributed by atoms with Crippen molar-refractivity contribution < 1.29 is 0 Å². The van der Waals surface area contributed by atoms with Crippen LogP contribution in [0.5, 0.6) is 0 Å². The van der Waals surface area contributed by atoms with Crippen LogP contribution in [0.15, 0.2) is 0 Å². The van der Waals surface area contributed by atoms with Gasteiger partial charge in [-0.15, -0.1) is 0 Å². The molecule has 0 heterocycles. The minimum atomic E-state index is -0.952. The number of hydrogen-bond donors (Lipinski definition) is 0. The Morgan fingerprint density at radius 1 is 0.421 bits per heavy atom. The van der Waals surface area contributed by atoms with Gasteiger partial charge in [-0.3, -0.25) is 0 Å². The van der Waals surface area contributed by atoms with E-state index < -0.39 is 55.2 Å². The Hall–Kier alpha value is 1.74. The fourth-order valence-corrected chi connectivity index (χ4v) is 58.2. The quantitative estimate of drug-likeness (QED) is 0.466. The van der Waals surface area contributed by atoms with Crippen LogP contribution in [0.1, 0.15) is 0 Å². The van der Waals surface area contributed by atoms with Gasteiger partial charge in [0.05, 0.1) is 0 Å². The molecular formula is C14H38InSi4. The third kappa shape index (κ3) is 7.02. The summed E-state index contributed by atoms with van der Waals surface area (Å²) in [5.41, 5.74) is 0. The first kappa shape index (κ1) is 20.7. The standard InChI is InChI=1S/2C7H19Si2.In/c2*1-8(2,3)7-9(4,5)6;/h2*7H,1-6H3;. The summed E-state index contributed by atoms with van der Waals surface area (Å²) < 4.78 is 2.55. The van der Waals surface area contributed by atoms with E-state index in [0.29, 0.717) is 0 Å². The Balaban J connectivity index is 5.43. The topological polar surface area (TPSA) is 0 Å². The number of hydrogen-bond acceptors (Lipinski definition) is 0. The third-order valence-electron chi connectivity index (χ3n) is 4.12. The molecule has 113 valence electrons. The molecule has 0 aliphatic heterocycles. The van der Waals surface area contributed by atoms with Crippen LogP contribution in [0.4, 0.5) is 0 Å². The zero-order chi connectivity index (χ0) is 15.9. The minimum absolute atomic E-state index is 0.481. The fraction of sp³-hybridized carbons (Fsp3) is 1.00. The molecule has 0 saturated heterocycles. The van der Waals surface area contributed by atoms with E-state index in [-0.39, 0.29) is 0 Å². The van der Waals surface area contributed by atoms with Gasteiger partial charge in [-0.2, -0.15) is 0 Å². The summed E-state index contributed by atoms with van der Waals surface area (Å²) in [4.78, 5) is 0. The summed E-state index contributed by atoms with van der Waals surface area (Å²) in [5, 5.41) is 0. The molecule has 0 amide bonds. The van der Waals surface area contributed by atoms with Crippen molar-refractivity contribution in [1.29, 1.82) is 0 Å². The first-order chi connectivity index (χ1) is 7.97. The Kier molecular flexibility index (Phi) is 7.06. The van der Waals surface area contributed by atoms with E-state index in [9.17, 15) is 0 Å². The van der Waals surface area contributed by atoms with Crippen molar-refractivity contribution in [3.8, 4) is 0 Å². The molecule has 0 atom stereocenters. The average molecular weight is 434 g/mol. The van der Waals surface area contributed by atoms with Crippen LogP contribution in [0.2, 0.25) is 84.4 Å². The summed E-state index contributed by atoms with van der Waals surface area (Å²) in [6, 6.07) is 0. The van der Waals surface area contributed by atoms with Crippen molar-refractivity contribution in [3.63, 3.8) is 0 Å². The second-order valence-corrected chi connectivity index (χ2v) is 45.7. The molecule has 0 bridgehead atoms. The molecule has 19 heavy (non-hydrogen) atoms. The maximum absolute atomic E-state index is 2.66. The van der Waals surface area contributed by atoms with Gasteiger partial charge in [0.2, 0.25) is 0 Å². The first-order valence-corrected chi connectivity index (χ1v) is 25.9. The summed E-state index contributed by atoms with van der Waals surface area (Å²) in [7, 11) is -3.81. The van der Waals surface area contributed by atoms with Gasteiger partial charge in [0, 0.05) is 0 Å². The van der Waals surface area contributed by atoms with Crippen LogP contribution in [-0.4, -0.2) is 55.2 Å². The van der Waals surface area contributed by atoms with Gasteiger partial charge < -0.3 is 0 Å². The molecule has 0 aromatic heterocycles. The van der Waals surface area contributed by atoms with Crippen LogP contribution in [0, 0.1) is 0 Å². The van der Waals surface area contributed by atoms with E-state index in [1.165, 1.54) is 5.84 Å². The molecule has 0 aromatic carbocycles. The summed E-state index contributed by atoms with van der Waals surface area (Å²) >= 11 is -0.481. The molecule has 0 fully saturated rings. The Morgan fingerprint density at radius 3 is 0.684 bits per heavy atom. The zero-order valence-electron chi connectivity index (χ0n) is 15.7. The average Bonchev–Trinajstić information content (AvgIpc) is 1.91. The molecule has 0 rings (SSSR count). The van der Waals surface area contributed by atoms with Crippen LogP contribution in [-0.2, 0) is 0 Å². The van der Waals surface area contributed by atoms with Crippen molar-refractivity contribution in [2.75, 3.05) is 0 Å². The van der Waals surface area contributed by atoms with Gasteiger partial charge in [-0.1, -0.05) is 0 Å². The molecule has 0 aromatic rings. The van der Waals surface area contributed by atoms with Crippen molar-refractivity contribution >= 4 is 55.2 Å². The second kappa shape index (κ2) is 6.47. The van der Waals surface area contributed by atoms with Crippen LogP contribution < -0.4 is 0 Å². The van der Waals surface area contributed by atoms with Gasteiger partial charge in [-0.25, -0.2) is 0 Å². The first-order valence-electron chi connectivity index (χ1n) is 7.82. The molecule has 5 heteroatoms. The predicted molar refractivity (Wildman–Crippen MR) is 107 cm³/mol. The van der Waals surface area contributed by atoms with Crippen molar-refractivity contribution in [2.45, 2.75) is 84.4 Å². The maximum atomic E-state index is 2.66. The normalized spacial score (nSPS) is 15.3. The van der Waals surface area contributed by atoms with Crippen molar-refractivity contribution in [3.05, 3.63) is 0 Å². The van der Waals surface area contributed by atoms with Crippen LogP contribution in [0.25, 0.3) is 0 Å². The molecule has 0 N–H and O–H groups in total. The Morgan fingerprint density at radius 2 is 0.579 bits per heavy atom. The molecule has 1 radical (unpaired) electrons. The van der Waals surface area contributed by atoms with Crippen molar-refractivity contribution in [1.82, 2.24) is 0 Å². The molecular weight excluding hydrogens is 395 g/mol.